The molecule has 27 nitrogen and oxygen atoms in total. The van der Waals surface area contributed by atoms with Crippen LogP contribution in [0.3, 0.4) is 0 Å². The van der Waals surface area contributed by atoms with E-state index >= 15 is 0 Å². The SMILES string of the molecule is CCNC(=O)Nc1ncnc2c1ncn2[C@@H]1O[C@H](COP(=O)(O)OP(=O)(O)OC[C@H]2O[C@@H](n3cnc4c(NC(=O)NCC)ncnc43)[C@@H]3OC(/C=C/c4ccccc4)OC32)C2OC(/C=C/c3ccccc3)OC21. The Labute approximate surface area is 414 Å². The fourth-order valence-electron chi connectivity index (χ4n) is 8.52. The summed E-state index contributed by atoms with van der Waals surface area (Å²) < 4.78 is 83.1. The molecule has 7 unspecified atom stereocenters. The predicted octanol–water partition coefficient (Wildman–Crippen LogP) is 4.64. The van der Waals surface area contributed by atoms with Crippen LogP contribution in [0.15, 0.2) is 98.1 Å². The van der Waals surface area contributed by atoms with Crippen molar-refractivity contribution in [3.8, 4) is 0 Å². The molecule has 10 rings (SSSR count). The van der Waals surface area contributed by atoms with Gasteiger partial charge >= 0.3 is 27.7 Å². The smallest absolute Gasteiger partial charge is 0.347 e. The summed E-state index contributed by atoms with van der Waals surface area (Å²) >= 11 is 0. The van der Waals surface area contributed by atoms with Crippen LogP contribution in [0.4, 0.5) is 21.2 Å². The molecule has 0 spiro atoms. The Bertz CT molecular complexity index is 2890. The first-order valence-electron chi connectivity index (χ1n) is 22.9. The van der Waals surface area contributed by atoms with Gasteiger partial charge in [-0.3, -0.25) is 28.8 Å². The number of nitrogens with one attached hydrogen (secondary N) is 4. The molecule has 0 bridgehead atoms. The van der Waals surface area contributed by atoms with Crippen molar-refractivity contribution in [1.82, 2.24) is 49.7 Å². The van der Waals surface area contributed by atoms with Crippen LogP contribution in [0.1, 0.15) is 37.4 Å². The number of hydrogen-bond donors (Lipinski definition) is 6. The van der Waals surface area contributed by atoms with Gasteiger partial charge in [-0.05, 0) is 37.1 Å². The van der Waals surface area contributed by atoms with Crippen LogP contribution >= 0.6 is 15.6 Å². The number of nitrogens with zero attached hydrogens (tertiary/aromatic N) is 8. The van der Waals surface area contributed by atoms with Crippen molar-refractivity contribution >= 4 is 73.8 Å². The van der Waals surface area contributed by atoms with Crippen LogP contribution < -0.4 is 21.3 Å². The highest BCUT2D eigenvalue weighted by molar-refractivity contribution is 7.61. The summed E-state index contributed by atoms with van der Waals surface area (Å²) in [5.41, 5.74) is 2.69. The highest BCUT2D eigenvalue weighted by atomic mass is 31.3. The molecule has 6 N–H and O–H groups in total. The molecule has 73 heavy (non-hydrogen) atoms. The zero-order valence-corrected chi connectivity index (χ0v) is 40.5. The third kappa shape index (κ3) is 11.2. The number of phosphoric ester groups is 2. The number of urea groups is 2. The molecule has 4 saturated heterocycles. The number of carbonyl (C=O) groups is 2. The second kappa shape index (κ2) is 21.6. The average Bonchev–Trinajstić information content (AvgIpc) is 4.24. The van der Waals surface area contributed by atoms with Gasteiger partial charge in [0.2, 0.25) is 0 Å². The zero-order chi connectivity index (χ0) is 50.7. The maximum Gasteiger partial charge on any atom is 0.481 e. The zero-order valence-electron chi connectivity index (χ0n) is 38.7. The van der Waals surface area contributed by atoms with Crippen molar-refractivity contribution in [2.75, 3.05) is 36.9 Å². The molecule has 0 saturated carbocycles. The molecule has 4 aliphatic rings. The normalized spacial score (nSPS) is 27.3. The second-order valence-electron chi connectivity index (χ2n) is 16.5. The summed E-state index contributed by atoms with van der Waals surface area (Å²) in [6.07, 6.45) is 2.42. The quantitative estimate of drug-likeness (QED) is 0.0638. The first-order valence-corrected chi connectivity index (χ1v) is 25.8. The van der Waals surface area contributed by atoms with E-state index in [1.165, 1.54) is 34.4 Å². The van der Waals surface area contributed by atoms with E-state index in [1.54, 1.807) is 38.2 Å². The highest BCUT2D eigenvalue weighted by Crippen LogP contribution is 2.61. The lowest BCUT2D eigenvalue weighted by atomic mass is 10.1. The van der Waals surface area contributed by atoms with E-state index < -0.39 is 103 Å². The topological polar surface area (TPSA) is 327 Å². The third-order valence-electron chi connectivity index (χ3n) is 11.6. The van der Waals surface area contributed by atoms with Gasteiger partial charge in [-0.25, -0.2) is 48.6 Å². The summed E-state index contributed by atoms with van der Waals surface area (Å²) in [7, 11) is -10.9. The van der Waals surface area contributed by atoms with E-state index in [2.05, 4.69) is 51.2 Å². The van der Waals surface area contributed by atoms with Crippen LogP contribution in [-0.4, -0.2) is 136 Å². The van der Waals surface area contributed by atoms with Crippen LogP contribution in [0, 0.1) is 0 Å². The van der Waals surface area contributed by atoms with Crippen molar-refractivity contribution < 1.29 is 70.3 Å². The molecule has 8 heterocycles. The molecule has 6 aromatic rings. The standard InChI is InChI=1S/C44H48N12O15P2/c1-3-45-43(57)53-37-31-39(49-21-47-37)55(23-51-31)41-35-33(67-29(69-35)17-15-25-11-7-5-8-12-25)27(65-41)19-63-72(59,60)71-73(61,62)64-20-28-34-36(70-30(68-34)18-16-26-13-9-6-10-14-26)42(66-28)56-24-52-32-38(48-22-50-40(32)56)54-44(58)46-4-2/h5-18,21-24,27-30,33-36,41-42H,3-4,19-20H2,1-2H3,(H,59,60)(H,61,62)(H2,45,47,49,53,57)(H2,46,48,50,54,58)/b17-15+,18-16+/t27-,28-,29?,30?,33?,34?,35-,36?,41-,42-/m1/s1. The van der Waals surface area contributed by atoms with Crippen LogP contribution in [-0.2, 0) is 50.9 Å². The van der Waals surface area contributed by atoms with E-state index in [0.717, 1.165) is 11.1 Å². The van der Waals surface area contributed by atoms with E-state index in [9.17, 15) is 28.5 Å². The van der Waals surface area contributed by atoms with E-state index in [0.29, 0.717) is 13.1 Å². The molecule has 2 aromatic carbocycles. The van der Waals surface area contributed by atoms with Gasteiger partial charge in [-0.2, -0.15) is 4.31 Å². The Hall–Kier alpha value is -6.42. The fourth-order valence-corrected chi connectivity index (χ4v) is 10.6. The van der Waals surface area contributed by atoms with Gasteiger partial charge in [0.05, 0.1) is 25.9 Å². The van der Waals surface area contributed by atoms with Gasteiger partial charge in [0.25, 0.3) is 0 Å². The number of benzene rings is 2. The minimum Gasteiger partial charge on any atom is -0.347 e. The lowest BCUT2D eigenvalue weighted by Crippen LogP contribution is -2.32. The predicted molar refractivity (Wildman–Crippen MR) is 255 cm³/mol. The Morgan fingerprint density at radius 1 is 0.603 bits per heavy atom. The number of phosphoric acid groups is 2. The number of hydrogen-bond acceptors (Lipinski definition) is 19. The van der Waals surface area contributed by atoms with E-state index in [1.807, 2.05) is 60.7 Å². The second-order valence-corrected chi connectivity index (χ2v) is 19.5. The number of carbonyl (C=O) groups excluding carboxylic acids is 2. The van der Waals surface area contributed by atoms with Crippen LogP contribution in [0.2, 0.25) is 0 Å². The molecule has 4 fully saturated rings. The summed E-state index contributed by atoms with van der Waals surface area (Å²) in [5, 5.41) is 10.5. The number of imidazole rings is 2. The van der Waals surface area contributed by atoms with Gasteiger partial charge in [0.1, 0.15) is 49.3 Å². The summed E-state index contributed by atoms with van der Waals surface area (Å²) in [6, 6.07) is 17.8. The molecular weight excluding hydrogens is 999 g/mol. The largest absolute Gasteiger partial charge is 0.481 e. The van der Waals surface area contributed by atoms with Crippen molar-refractivity contribution in [3.05, 3.63) is 109 Å². The number of ether oxygens (including phenoxy) is 6. The molecule has 4 aromatic heterocycles. The number of anilines is 2. The van der Waals surface area contributed by atoms with Crippen molar-refractivity contribution in [2.45, 2.75) is 75.5 Å². The number of amides is 4. The maximum atomic E-state index is 13.5. The third-order valence-corrected chi connectivity index (χ3v) is 14.2. The fraction of sp³-hybridized carbons (Fsp3) is 0.364. The lowest BCUT2D eigenvalue weighted by Gasteiger charge is -2.22. The summed E-state index contributed by atoms with van der Waals surface area (Å²) in [6.45, 7) is 2.83. The molecule has 12 atom stereocenters. The summed E-state index contributed by atoms with van der Waals surface area (Å²) in [4.78, 5) is 72.4. The monoisotopic (exact) mass is 1050 g/mol. The summed E-state index contributed by atoms with van der Waals surface area (Å²) in [5.74, 6) is 0.246. The van der Waals surface area contributed by atoms with Crippen LogP contribution in [0.25, 0.3) is 34.5 Å². The molecule has 384 valence electrons. The maximum absolute atomic E-state index is 13.5. The van der Waals surface area contributed by atoms with Gasteiger partial charge in [0.15, 0.2) is 59.0 Å². The van der Waals surface area contributed by atoms with Gasteiger partial charge in [-0.15, -0.1) is 0 Å². The Kier molecular flexibility index (Phi) is 14.8. The van der Waals surface area contributed by atoms with E-state index in [-0.39, 0.29) is 34.0 Å². The molecule has 0 radical (unpaired) electrons. The minimum absolute atomic E-state index is 0.123. The van der Waals surface area contributed by atoms with E-state index in [4.69, 9.17) is 41.8 Å². The molecule has 4 amide bonds. The lowest BCUT2D eigenvalue weighted by molar-refractivity contribution is -0.133. The van der Waals surface area contributed by atoms with Crippen molar-refractivity contribution in [2.24, 2.45) is 0 Å². The van der Waals surface area contributed by atoms with Gasteiger partial charge < -0.3 is 48.8 Å². The number of aromatic nitrogens is 8. The van der Waals surface area contributed by atoms with Gasteiger partial charge in [0, 0.05) is 13.1 Å². The highest BCUT2D eigenvalue weighted by Gasteiger charge is 2.56. The first kappa shape index (κ1) is 50.1. The number of rotatable bonds is 18. The van der Waals surface area contributed by atoms with Gasteiger partial charge in [-0.1, -0.05) is 72.8 Å². The van der Waals surface area contributed by atoms with Crippen molar-refractivity contribution in [1.29, 1.82) is 0 Å². The molecular formula is C44H48N12O15P2. The Morgan fingerprint density at radius 2 is 1.01 bits per heavy atom. The van der Waals surface area contributed by atoms with Crippen molar-refractivity contribution in [3.63, 3.8) is 0 Å². The van der Waals surface area contributed by atoms with Crippen LogP contribution in [0.5, 0.6) is 0 Å². The first-order chi connectivity index (χ1) is 35.3. The molecule has 4 aliphatic heterocycles. The molecule has 0 aliphatic carbocycles. The Balaban J connectivity index is 0.830. The molecule has 29 heteroatoms. The average molecular weight is 1050 g/mol. The number of fused-ring (bicyclic) bond motifs is 4. The minimum atomic E-state index is -5.43. The Morgan fingerprint density at radius 3 is 1.42 bits per heavy atom.